The van der Waals surface area contributed by atoms with Crippen LogP contribution >= 0.6 is 7.82 Å². The monoisotopic (exact) mass is 808 g/mol. The first-order chi connectivity index (χ1) is 27.0. The van der Waals surface area contributed by atoms with Crippen molar-refractivity contribution in [3.05, 3.63) is 60.8 Å². The topological polar surface area (TPSA) is 105 Å². The fourth-order valence-corrected chi connectivity index (χ4v) is 6.92. The third kappa shape index (κ3) is 40.4. The number of unbranched alkanes of at least 4 members (excludes halogenated alkanes) is 17. The van der Waals surface area contributed by atoms with Gasteiger partial charge in [-0.15, -0.1) is 0 Å². The highest BCUT2D eigenvalue weighted by atomic mass is 31.2. The second-order valence-corrected chi connectivity index (χ2v) is 17.9. The van der Waals surface area contributed by atoms with E-state index in [4.69, 9.17) is 9.05 Å². The Morgan fingerprint density at radius 2 is 1.07 bits per heavy atom. The second-order valence-electron chi connectivity index (χ2n) is 16.4. The van der Waals surface area contributed by atoms with Crippen LogP contribution in [0.4, 0.5) is 0 Å². The van der Waals surface area contributed by atoms with Gasteiger partial charge in [0, 0.05) is 6.42 Å². The number of nitrogens with one attached hydrogen (secondary N) is 1. The molecule has 3 atom stereocenters. The average Bonchev–Trinajstić information content (AvgIpc) is 3.15. The zero-order valence-electron chi connectivity index (χ0n) is 36.9. The smallest absolute Gasteiger partial charge is 0.391 e. The van der Waals surface area contributed by atoms with Crippen LogP contribution in [0.15, 0.2) is 60.8 Å². The molecule has 0 aliphatic rings. The number of likely N-dealkylation sites (N-methyl/N-ethyl adjacent to an activating group) is 1. The lowest BCUT2D eigenvalue weighted by atomic mass is 10.0. The summed E-state index contributed by atoms with van der Waals surface area (Å²) in [6, 6.07) is -0.768. The molecule has 0 fully saturated rings. The van der Waals surface area contributed by atoms with E-state index in [1.165, 1.54) is 77.0 Å². The van der Waals surface area contributed by atoms with Gasteiger partial charge in [0.05, 0.1) is 39.9 Å². The van der Waals surface area contributed by atoms with E-state index < -0.39 is 20.0 Å². The minimum atomic E-state index is -4.32. The maximum Gasteiger partial charge on any atom is 0.472 e. The highest BCUT2D eigenvalue weighted by Gasteiger charge is 2.28. The van der Waals surface area contributed by atoms with Crippen LogP contribution in [0, 0.1) is 0 Å². The molecule has 0 rings (SSSR count). The van der Waals surface area contributed by atoms with Crippen molar-refractivity contribution >= 4 is 13.7 Å². The Hall–Kier alpha value is -1.80. The SMILES string of the molecule is CC/C=C\C/C=C\C/C=C\C/C=C\C/C=C\CCCCCCCCCC(=O)NC(COP(=O)(O)OCC[N+](C)(C)C)C(O)CCCCCCCCCCCCC. The van der Waals surface area contributed by atoms with Crippen LogP contribution in [0.5, 0.6) is 0 Å². The molecule has 1 amide bonds. The first-order valence-corrected chi connectivity index (χ1v) is 24.1. The van der Waals surface area contributed by atoms with Crippen molar-refractivity contribution in [2.24, 2.45) is 0 Å². The third-order valence-corrected chi connectivity index (χ3v) is 10.8. The van der Waals surface area contributed by atoms with E-state index in [1.54, 1.807) is 0 Å². The number of carbonyl (C=O) groups excluding carboxylic acids is 1. The van der Waals surface area contributed by atoms with Gasteiger partial charge in [0.2, 0.25) is 5.91 Å². The molecular formula is C47H88N2O6P+. The predicted octanol–water partition coefficient (Wildman–Crippen LogP) is 12.6. The Labute approximate surface area is 345 Å². The summed E-state index contributed by atoms with van der Waals surface area (Å²) in [6.07, 6.45) is 49.6. The van der Waals surface area contributed by atoms with Crippen molar-refractivity contribution < 1.29 is 32.9 Å². The molecule has 0 aromatic carbocycles. The van der Waals surface area contributed by atoms with Crippen molar-refractivity contribution in [1.29, 1.82) is 0 Å². The molecule has 8 nitrogen and oxygen atoms in total. The number of hydrogen-bond acceptors (Lipinski definition) is 5. The molecule has 0 aromatic heterocycles. The van der Waals surface area contributed by atoms with Crippen LogP contribution < -0.4 is 5.32 Å². The van der Waals surface area contributed by atoms with Gasteiger partial charge in [0.15, 0.2) is 0 Å². The molecule has 0 heterocycles. The Kier molecular flexibility index (Phi) is 37.5. The highest BCUT2D eigenvalue weighted by Crippen LogP contribution is 2.43. The third-order valence-electron chi connectivity index (χ3n) is 9.78. The molecule has 0 aromatic rings. The first-order valence-electron chi connectivity index (χ1n) is 22.7. The maximum absolute atomic E-state index is 12.9. The van der Waals surface area contributed by atoms with E-state index >= 15 is 0 Å². The van der Waals surface area contributed by atoms with Crippen LogP contribution in [-0.2, 0) is 18.4 Å². The van der Waals surface area contributed by atoms with E-state index in [2.05, 4.69) is 79.9 Å². The lowest BCUT2D eigenvalue weighted by Gasteiger charge is -2.26. The van der Waals surface area contributed by atoms with Gasteiger partial charge in [0.1, 0.15) is 13.2 Å². The normalized spacial score (nSPS) is 14.9. The van der Waals surface area contributed by atoms with Crippen molar-refractivity contribution in [2.75, 3.05) is 40.9 Å². The van der Waals surface area contributed by atoms with Crippen molar-refractivity contribution in [3.8, 4) is 0 Å². The molecule has 3 N–H and O–H groups in total. The number of hydrogen-bond donors (Lipinski definition) is 3. The van der Waals surface area contributed by atoms with Gasteiger partial charge < -0.3 is 19.8 Å². The number of rotatable bonds is 40. The fourth-order valence-electron chi connectivity index (χ4n) is 6.19. The summed E-state index contributed by atoms with van der Waals surface area (Å²) in [6.45, 7) is 4.74. The number of carbonyl (C=O) groups is 1. The van der Waals surface area contributed by atoms with Gasteiger partial charge >= 0.3 is 7.82 Å². The van der Waals surface area contributed by atoms with E-state index in [-0.39, 0.29) is 19.1 Å². The average molecular weight is 808 g/mol. The zero-order chi connectivity index (χ0) is 41.4. The number of nitrogens with zero attached hydrogens (tertiary/aromatic N) is 1. The zero-order valence-corrected chi connectivity index (χ0v) is 37.8. The molecule has 0 spiro atoms. The Balaban J connectivity index is 4.31. The molecule has 326 valence electrons. The first kappa shape index (κ1) is 54.2. The number of aliphatic hydroxyl groups is 1. The van der Waals surface area contributed by atoms with Crippen LogP contribution in [-0.4, -0.2) is 73.4 Å². The standard InChI is InChI=1S/C47H87N2O6P/c1-6-8-10-12-14-16-18-19-20-21-22-23-24-25-26-27-28-29-31-33-35-37-39-41-47(51)48-45(44-55-56(52,53)54-43-42-49(3,4)5)46(50)40-38-36-34-32-30-17-15-13-11-9-7-2/h8,10,14,16,19-20,22-23,25-26,45-46,50H,6-7,9,11-13,15,17-18,21,24,27-44H2,1-5H3,(H-,48,51,52,53)/p+1/b10-8-,16-14-,20-19-,23-22-,26-25-. The lowest BCUT2D eigenvalue weighted by molar-refractivity contribution is -0.870. The van der Waals surface area contributed by atoms with Crippen LogP contribution in [0.3, 0.4) is 0 Å². The van der Waals surface area contributed by atoms with Gasteiger partial charge in [-0.1, -0.05) is 177 Å². The van der Waals surface area contributed by atoms with Gasteiger partial charge in [0.25, 0.3) is 0 Å². The quantitative estimate of drug-likeness (QED) is 0.0246. The number of phosphoric acid groups is 1. The van der Waals surface area contributed by atoms with Gasteiger partial charge in [-0.05, 0) is 57.8 Å². The van der Waals surface area contributed by atoms with Crippen LogP contribution in [0.25, 0.3) is 0 Å². The van der Waals surface area contributed by atoms with E-state index in [9.17, 15) is 19.4 Å². The lowest BCUT2D eigenvalue weighted by Crippen LogP contribution is -2.46. The number of allylic oxidation sites excluding steroid dienone is 10. The molecule has 9 heteroatoms. The number of quaternary nitrogens is 1. The summed E-state index contributed by atoms with van der Waals surface area (Å²) in [5, 5.41) is 13.9. The minimum Gasteiger partial charge on any atom is -0.391 e. The van der Waals surface area contributed by atoms with Crippen molar-refractivity contribution in [2.45, 2.75) is 193 Å². The largest absolute Gasteiger partial charge is 0.472 e. The molecular weight excluding hydrogens is 719 g/mol. The second kappa shape index (κ2) is 38.7. The summed E-state index contributed by atoms with van der Waals surface area (Å²) in [5.41, 5.74) is 0. The summed E-state index contributed by atoms with van der Waals surface area (Å²) >= 11 is 0. The Morgan fingerprint density at radius 3 is 1.57 bits per heavy atom. The fraction of sp³-hybridized carbons (Fsp3) is 0.766. The minimum absolute atomic E-state index is 0.0693. The molecule has 0 bridgehead atoms. The highest BCUT2D eigenvalue weighted by molar-refractivity contribution is 7.47. The molecule has 0 aliphatic heterocycles. The van der Waals surface area contributed by atoms with Crippen molar-refractivity contribution in [3.63, 3.8) is 0 Å². The Morgan fingerprint density at radius 1 is 0.625 bits per heavy atom. The number of aliphatic hydroxyl groups excluding tert-OH is 1. The summed E-state index contributed by atoms with van der Waals surface area (Å²) in [4.78, 5) is 23.1. The number of amides is 1. The molecule has 0 aliphatic carbocycles. The van der Waals surface area contributed by atoms with Crippen molar-refractivity contribution in [1.82, 2.24) is 5.32 Å². The molecule has 0 saturated carbocycles. The summed E-state index contributed by atoms with van der Waals surface area (Å²) in [5.74, 6) is -0.160. The van der Waals surface area contributed by atoms with Gasteiger partial charge in [-0.2, -0.15) is 0 Å². The van der Waals surface area contributed by atoms with Gasteiger partial charge in [-0.25, -0.2) is 4.57 Å². The molecule has 56 heavy (non-hydrogen) atoms. The Bertz CT molecular complexity index is 1100. The summed E-state index contributed by atoms with van der Waals surface area (Å²) < 4.78 is 23.6. The van der Waals surface area contributed by atoms with Crippen LogP contribution in [0.2, 0.25) is 0 Å². The van der Waals surface area contributed by atoms with Crippen LogP contribution in [0.1, 0.15) is 181 Å². The molecule has 0 radical (unpaired) electrons. The molecule has 0 saturated heterocycles. The molecule has 3 unspecified atom stereocenters. The maximum atomic E-state index is 12.9. The van der Waals surface area contributed by atoms with E-state index in [0.29, 0.717) is 23.9 Å². The van der Waals surface area contributed by atoms with E-state index in [1.807, 2.05) is 21.1 Å². The van der Waals surface area contributed by atoms with Gasteiger partial charge in [-0.3, -0.25) is 13.8 Å². The predicted molar refractivity (Wildman–Crippen MR) is 240 cm³/mol. The number of phosphoric ester groups is 1. The summed E-state index contributed by atoms with van der Waals surface area (Å²) in [7, 11) is 1.60. The van der Waals surface area contributed by atoms with E-state index in [0.717, 1.165) is 77.0 Å².